The third kappa shape index (κ3) is 2.18. The summed E-state index contributed by atoms with van der Waals surface area (Å²) in [5, 5.41) is 8.66. The Bertz CT molecular complexity index is 385. The molecule has 0 bridgehead atoms. The molecule has 0 saturated carbocycles. The first-order chi connectivity index (χ1) is 6.56. The van der Waals surface area contributed by atoms with Gasteiger partial charge < -0.3 is 0 Å². The number of hydrogen-bond acceptors (Lipinski definition) is 2. The summed E-state index contributed by atoms with van der Waals surface area (Å²) in [6.45, 7) is 1.51. The Morgan fingerprint density at radius 3 is 2.79 bits per heavy atom. The summed E-state index contributed by atoms with van der Waals surface area (Å²) < 4.78 is 24.8. The minimum absolute atomic E-state index is 0.0567. The van der Waals surface area contributed by atoms with Gasteiger partial charge in [-0.25, -0.2) is 13.8 Å². The van der Waals surface area contributed by atoms with E-state index in [1.54, 1.807) is 0 Å². The lowest BCUT2D eigenvalue weighted by Gasteiger charge is -2.06. The van der Waals surface area contributed by atoms with Crippen LogP contribution in [0.3, 0.4) is 0 Å². The monoisotopic (exact) mass is 216 g/mol. The van der Waals surface area contributed by atoms with Gasteiger partial charge in [-0.05, 0) is 18.6 Å². The smallest absolute Gasteiger partial charge is 0.249 e. The summed E-state index contributed by atoms with van der Waals surface area (Å²) in [6.07, 6.45) is -2.69. The van der Waals surface area contributed by atoms with Gasteiger partial charge in [-0.2, -0.15) is 5.26 Å². The molecular formula is C9H7ClF2N2. The van der Waals surface area contributed by atoms with Crippen LogP contribution in [0, 0.1) is 18.3 Å². The number of aromatic nitrogens is 1. The van der Waals surface area contributed by atoms with Gasteiger partial charge in [0.15, 0.2) is 0 Å². The molecule has 0 aliphatic carbocycles. The maximum atomic E-state index is 12.4. The molecule has 0 amide bonds. The Kier molecular flexibility index (Phi) is 3.37. The van der Waals surface area contributed by atoms with Crippen molar-refractivity contribution >= 4 is 11.6 Å². The van der Waals surface area contributed by atoms with E-state index in [-0.39, 0.29) is 22.8 Å². The van der Waals surface area contributed by atoms with Gasteiger partial charge in [-0.3, -0.25) is 0 Å². The van der Waals surface area contributed by atoms with E-state index in [0.717, 1.165) is 0 Å². The van der Waals surface area contributed by atoms with Gasteiger partial charge in [0.1, 0.15) is 5.69 Å². The summed E-state index contributed by atoms with van der Waals surface area (Å²) in [5.41, 5.74) is 0.237. The number of hydrogen-bond donors (Lipinski definition) is 0. The summed E-state index contributed by atoms with van der Waals surface area (Å²) in [4.78, 5) is 3.66. The van der Waals surface area contributed by atoms with Crippen LogP contribution in [-0.4, -0.2) is 4.98 Å². The summed E-state index contributed by atoms with van der Waals surface area (Å²) in [7, 11) is 0. The summed E-state index contributed by atoms with van der Waals surface area (Å²) >= 11 is 5.73. The van der Waals surface area contributed by atoms with E-state index in [9.17, 15) is 8.78 Å². The number of alkyl halides is 2. The molecule has 0 saturated heterocycles. The average Bonchev–Trinajstić information content (AvgIpc) is 2.09. The van der Waals surface area contributed by atoms with Crippen LogP contribution in [0.1, 0.15) is 23.4 Å². The van der Waals surface area contributed by atoms with E-state index < -0.39 is 6.43 Å². The third-order valence-corrected chi connectivity index (χ3v) is 2.06. The molecule has 0 spiro atoms. The molecule has 0 atom stereocenters. The fraction of sp³-hybridized carbons (Fsp3) is 0.333. The molecule has 1 heterocycles. The standard InChI is InChI=1S/C9H7ClF2N2/c1-5-4-6(10)7(2-3-13)14-8(5)9(11)12/h4,9H,2H2,1H3. The minimum Gasteiger partial charge on any atom is -0.249 e. The van der Waals surface area contributed by atoms with Crippen molar-refractivity contribution in [2.45, 2.75) is 19.8 Å². The molecule has 2 nitrogen and oxygen atoms in total. The van der Waals surface area contributed by atoms with E-state index in [1.807, 2.05) is 6.07 Å². The molecule has 1 aromatic heterocycles. The Morgan fingerprint density at radius 1 is 1.64 bits per heavy atom. The first-order valence-electron chi connectivity index (χ1n) is 3.87. The van der Waals surface area contributed by atoms with Gasteiger partial charge in [-0.15, -0.1) is 0 Å². The van der Waals surface area contributed by atoms with Crippen molar-refractivity contribution in [2.24, 2.45) is 0 Å². The quantitative estimate of drug-likeness (QED) is 0.762. The lowest BCUT2D eigenvalue weighted by atomic mass is 10.2. The van der Waals surface area contributed by atoms with Crippen LogP contribution >= 0.6 is 11.6 Å². The van der Waals surface area contributed by atoms with Crippen molar-refractivity contribution in [2.75, 3.05) is 0 Å². The molecule has 1 rings (SSSR count). The molecule has 0 aliphatic rings. The fourth-order valence-corrected chi connectivity index (χ4v) is 1.33. The molecule has 74 valence electrons. The maximum absolute atomic E-state index is 12.4. The number of nitrogens with zero attached hydrogens (tertiary/aromatic N) is 2. The molecule has 0 N–H and O–H groups in total. The molecular weight excluding hydrogens is 210 g/mol. The van der Waals surface area contributed by atoms with Gasteiger partial charge in [0, 0.05) is 0 Å². The summed E-state index contributed by atoms with van der Waals surface area (Å²) in [6, 6.07) is 3.22. The number of pyridine rings is 1. The van der Waals surface area contributed by atoms with Crippen molar-refractivity contribution in [1.82, 2.24) is 4.98 Å². The van der Waals surface area contributed by atoms with Crippen molar-refractivity contribution < 1.29 is 8.78 Å². The Balaban J connectivity index is 3.21. The Hall–Kier alpha value is -1.21. The van der Waals surface area contributed by atoms with Crippen LogP contribution in [0.5, 0.6) is 0 Å². The van der Waals surface area contributed by atoms with Crippen LogP contribution in [0.4, 0.5) is 8.78 Å². The van der Waals surface area contributed by atoms with Gasteiger partial charge in [0.05, 0.1) is 23.2 Å². The number of aryl methyl sites for hydroxylation is 1. The lowest BCUT2D eigenvalue weighted by molar-refractivity contribution is 0.145. The molecule has 1 aromatic rings. The topological polar surface area (TPSA) is 36.7 Å². The minimum atomic E-state index is -2.63. The van der Waals surface area contributed by atoms with Crippen LogP contribution in [0.2, 0.25) is 5.02 Å². The molecule has 0 fully saturated rings. The SMILES string of the molecule is Cc1cc(Cl)c(CC#N)nc1C(F)F. The Labute approximate surface area is 85.1 Å². The maximum Gasteiger partial charge on any atom is 0.280 e. The van der Waals surface area contributed by atoms with Gasteiger partial charge in [0.25, 0.3) is 6.43 Å². The molecule has 0 radical (unpaired) electrons. The van der Waals surface area contributed by atoms with Crippen LogP contribution in [0.25, 0.3) is 0 Å². The lowest BCUT2D eigenvalue weighted by Crippen LogP contribution is -2.00. The van der Waals surface area contributed by atoms with Gasteiger partial charge >= 0.3 is 0 Å². The largest absolute Gasteiger partial charge is 0.280 e. The van der Waals surface area contributed by atoms with Gasteiger partial charge in [-0.1, -0.05) is 11.6 Å². The highest BCUT2D eigenvalue weighted by molar-refractivity contribution is 6.31. The number of halogens is 3. The van der Waals surface area contributed by atoms with E-state index >= 15 is 0 Å². The normalized spacial score (nSPS) is 10.3. The molecule has 5 heteroatoms. The highest BCUT2D eigenvalue weighted by Gasteiger charge is 2.15. The first-order valence-corrected chi connectivity index (χ1v) is 4.25. The van der Waals surface area contributed by atoms with Crippen molar-refractivity contribution in [1.29, 1.82) is 5.26 Å². The predicted molar refractivity (Wildman–Crippen MR) is 48.3 cm³/mol. The highest BCUT2D eigenvalue weighted by Crippen LogP contribution is 2.25. The van der Waals surface area contributed by atoms with E-state index in [0.29, 0.717) is 5.56 Å². The van der Waals surface area contributed by atoms with Crippen molar-refractivity contribution in [3.8, 4) is 6.07 Å². The first kappa shape index (κ1) is 10.9. The average molecular weight is 217 g/mol. The number of rotatable bonds is 2. The Morgan fingerprint density at radius 2 is 2.29 bits per heavy atom. The van der Waals surface area contributed by atoms with Crippen LogP contribution < -0.4 is 0 Å². The number of nitriles is 1. The highest BCUT2D eigenvalue weighted by atomic mass is 35.5. The predicted octanol–water partition coefficient (Wildman–Crippen LogP) is 3.05. The zero-order chi connectivity index (χ0) is 10.7. The van der Waals surface area contributed by atoms with Crippen LogP contribution in [0.15, 0.2) is 6.07 Å². The molecule has 0 aliphatic heterocycles. The molecule has 0 unspecified atom stereocenters. The fourth-order valence-electron chi connectivity index (χ4n) is 1.05. The zero-order valence-corrected chi connectivity index (χ0v) is 8.15. The van der Waals surface area contributed by atoms with Gasteiger partial charge in [0.2, 0.25) is 0 Å². The third-order valence-electron chi connectivity index (χ3n) is 1.73. The second-order valence-electron chi connectivity index (χ2n) is 2.75. The van der Waals surface area contributed by atoms with Crippen molar-refractivity contribution in [3.63, 3.8) is 0 Å². The zero-order valence-electron chi connectivity index (χ0n) is 7.39. The van der Waals surface area contributed by atoms with Crippen molar-refractivity contribution in [3.05, 3.63) is 28.0 Å². The molecule has 0 aromatic carbocycles. The molecule has 14 heavy (non-hydrogen) atoms. The van der Waals surface area contributed by atoms with Crippen LogP contribution in [-0.2, 0) is 6.42 Å². The summed E-state index contributed by atoms with van der Waals surface area (Å²) in [5.74, 6) is 0. The van der Waals surface area contributed by atoms with E-state index in [4.69, 9.17) is 16.9 Å². The van der Waals surface area contributed by atoms with E-state index in [1.165, 1.54) is 13.0 Å². The second-order valence-corrected chi connectivity index (χ2v) is 3.16. The van der Waals surface area contributed by atoms with E-state index in [2.05, 4.69) is 4.98 Å². The second kappa shape index (κ2) is 4.34.